The number of para-hydroxylation sites is 1. The molecule has 2 aliphatic heterocycles. The van der Waals surface area contributed by atoms with E-state index in [2.05, 4.69) is 34.2 Å². The second-order valence-corrected chi connectivity index (χ2v) is 15.6. The minimum atomic E-state index is -3.68. The highest BCUT2D eigenvalue weighted by Gasteiger charge is 2.69. The third kappa shape index (κ3) is 5.70. The monoisotopic (exact) mass is 617 g/mol. The van der Waals surface area contributed by atoms with Gasteiger partial charge in [0.25, 0.3) is 0 Å². The van der Waals surface area contributed by atoms with Gasteiger partial charge in [0, 0.05) is 19.0 Å². The summed E-state index contributed by atoms with van der Waals surface area (Å²) in [6.07, 6.45) is 0.674. The Kier molecular flexibility index (Phi) is 8.23. The van der Waals surface area contributed by atoms with Gasteiger partial charge in [-0.15, -0.1) is 11.3 Å². The Morgan fingerprint density at radius 2 is 1.93 bits per heavy atom. The van der Waals surface area contributed by atoms with E-state index in [1.165, 1.54) is 23.2 Å². The Hall–Kier alpha value is -2.90. The van der Waals surface area contributed by atoms with E-state index in [9.17, 15) is 27.6 Å². The molecule has 3 fully saturated rings. The Bertz CT molecular complexity index is 1490. The molecule has 0 bridgehead atoms. The molecule has 228 valence electrons. The molecule has 3 heterocycles. The molecule has 3 unspecified atom stereocenters. The van der Waals surface area contributed by atoms with Crippen molar-refractivity contribution in [2.24, 2.45) is 29.1 Å². The van der Waals surface area contributed by atoms with E-state index in [1.54, 1.807) is 13.8 Å². The number of fused-ring (bicyclic) bond motifs is 2. The molecule has 5 rings (SSSR count). The normalized spacial score (nSPS) is 26.1. The molecule has 3 N–H and O–H groups in total. The van der Waals surface area contributed by atoms with Crippen LogP contribution in [0.1, 0.15) is 57.3 Å². The van der Waals surface area contributed by atoms with Gasteiger partial charge in [0.2, 0.25) is 33.5 Å². The van der Waals surface area contributed by atoms with Crippen LogP contribution >= 0.6 is 11.3 Å². The van der Waals surface area contributed by atoms with Crippen molar-refractivity contribution in [1.82, 2.24) is 25.2 Å². The van der Waals surface area contributed by atoms with Crippen molar-refractivity contribution in [2.45, 2.75) is 65.6 Å². The van der Waals surface area contributed by atoms with E-state index in [0.29, 0.717) is 25.0 Å². The lowest BCUT2D eigenvalue weighted by Crippen LogP contribution is -2.58. The maximum atomic E-state index is 14.1. The Morgan fingerprint density at radius 1 is 1.21 bits per heavy atom. The average molecular weight is 618 g/mol. The molecule has 3 aliphatic rings. The summed E-state index contributed by atoms with van der Waals surface area (Å²) in [5.41, 5.74) is 0.492. The van der Waals surface area contributed by atoms with Crippen molar-refractivity contribution in [3.63, 3.8) is 0 Å². The number of Topliss-reactive ketones (excluding diaryl/α,β-unsaturated/α-hetero) is 1. The number of nitrogens with zero attached hydrogens (tertiary/aromatic N) is 2. The molecule has 1 saturated carbocycles. The second-order valence-electron chi connectivity index (χ2n) is 12.6. The number of aromatic nitrogens is 1. The molecule has 0 radical (unpaired) electrons. The molecule has 11 nitrogen and oxygen atoms in total. The van der Waals surface area contributed by atoms with Crippen LogP contribution in [0.15, 0.2) is 24.3 Å². The van der Waals surface area contributed by atoms with Crippen molar-refractivity contribution >= 4 is 55.1 Å². The maximum Gasteiger partial charge on any atom is 0.243 e. The van der Waals surface area contributed by atoms with E-state index >= 15 is 0 Å². The predicted molar refractivity (Wildman–Crippen MR) is 159 cm³/mol. The van der Waals surface area contributed by atoms with Crippen LogP contribution < -0.4 is 15.4 Å². The highest BCUT2D eigenvalue weighted by Crippen LogP contribution is 2.65. The van der Waals surface area contributed by atoms with Crippen molar-refractivity contribution in [1.29, 1.82) is 0 Å². The number of amides is 3. The lowest BCUT2D eigenvalue weighted by atomic mass is 9.94. The summed E-state index contributed by atoms with van der Waals surface area (Å²) >= 11 is 1.24. The van der Waals surface area contributed by atoms with Gasteiger partial charge in [-0.05, 0) is 55.1 Å². The topological polar surface area (TPSA) is 155 Å². The molecule has 2 saturated heterocycles. The Labute approximate surface area is 250 Å². The lowest BCUT2D eigenvalue weighted by Gasteiger charge is -2.34. The second kappa shape index (κ2) is 11.3. The fraction of sp³-hybridized carbons (Fsp3) is 0.621. The first-order valence-electron chi connectivity index (χ1n) is 14.5. The van der Waals surface area contributed by atoms with Crippen LogP contribution in [0.3, 0.4) is 0 Å². The molecule has 6 atom stereocenters. The number of likely N-dealkylation sites (tertiary alicyclic amines) is 1. The van der Waals surface area contributed by atoms with Gasteiger partial charge in [-0.3, -0.25) is 19.2 Å². The van der Waals surface area contributed by atoms with Crippen LogP contribution in [0.2, 0.25) is 0 Å². The van der Waals surface area contributed by atoms with Crippen LogP contribution in [0.25, 0.3) is 10.2 Å². The molecule has 1 aromatic heterocycles. The summed E-state index contributed by atoms with van der Waals surface area (Å²) in [5, 5.41) is 5.96. The summed E-state index contributed by atoms with van der Waals surface area (Å²) in [5.74, 6) is -2.46. The van der Waals surface area contributed by atoms with E-state index < -0.39 is 45.9 Å². The zero-order chi connectivity index (χ0) is 30.6. The van der Waals surface area contributed by atoms with Crippen molar-refractivity contribution in [3.8, 4) is 0 Å². The highest BCUT2D eigenvalue weighted by atomic mass is 32.2. The third-order valence-corrected chi connectivity index (χ3v) is 11.6. The first kappa shape index (κ1) is 30.6. The number of hydrogen-bond acceptors (Lipinski definition) is 8. The van der Waals surface area contributed by atoms with Crippen molar-refractivity contribution in [3.05, 3.63) is 29.3 Å². The summed E-state index contributed by atoms with van der Waals surface area (Å²) < 4.78 is 28.2. The first-order valence-corrected chi connectivity index (χ1v) is 17.0. The lowest BCUT2D eigenvalue weighted by molar-refractivity contribution is -0.142. The molecular formula is C29H39N5O6S2. The standard InChI is InChI=1S/C29H39N5O6S2/c1-6-42(39,40)33-22(15(2)3)28(38)34-14-17-21(29(17,4)5)23(34)26(37)31-19(13-16-11-12-30-25(16)36)24(35)27-32-18-9-7-8-10-20(18)41-27/h7-10,15-17,19,21-23,33H,6,11-14H2,1-5H3,(H,30,36)(H,31,37)/t16-,17?,19-,21?,22-,23?/m0/s1. The van der Waals surface area contributed by atoms with Crippen molar-refractivity contribution in [2.75, 3.05) is 18.8 Å². The number of ketones is 1. The molecule has 1 aromatic carbocycles. The predicted octanol–water partition coefficient (Wildman–Crippen LogP) is 1.94. The number of sulfonamides is 1. The van der Waals surface area contributed by atoms with Crippen LogP contribution in [-0.2, 0) is 24.4 Å². The number of thiazole rings is 1. The van der Waals surface area contributed by atoms with Gasteiger partial charge < -0.3 is 15.5 Å². The van der Waals surface area contributed by atoms with E-state index in [0.717, 1.165) is 4.70 Å². The number of carbonyl (C=O) groups is 4. The summed E-state index contributed by atoms with van der Waals surface area (Å²) in [6, 6.07) is 4.49. The Balaban J connectivity index is 1.43. The number of carbonyl (C=O) groups excluding carboxylic acids is 4. The largest absolute Gasteiger partial charge is 0.356 e. The molecule has 1 aliphatic carbocycles. The van der Waals surface area contributed by atoms with E-state index in [4.69, 9.17) is 0 Å². The smallest absolute Gasteiger partial charge is 0.243 e. The molecule has 0 spiro atoms. The first-order chi connectivity index (χ1) is 19.7. The number of benzene rings is 1. The van der Waals surface area contributed by atoms with Gasteiger partial charge in [-0.2, -0.15) is 0 Å². The fourth-order valence-electron chi connectivity index (χ4n) is 6.51. The van der Waals surface area contributed by atoms with E-state index in [-0.39, 0.29) is 52.0 Å². The highest BCUT2D eigenvalue weighted by molar-refractivity contribution is 7.89. The molecule has 2 aromatic rings. The molecule has 42 heavy (non-hydrogen) atoms. The Morgan fingerprint density at radius 3 is 2.55 bits per heavy atom. The van der Waals surface area contributed by atoms with Gasteiger partial charge in [0.05, 0.1) is 22.0 Å². The SMILES string of the molecule is CCS(=O)(=O)N[C@H](C(=O)N1CC2C(C1C(=O)N[C@@H](C[C@@H]1CCNC1=O)C(=O)c1nc3ccccc3s1)C2(C)C)C(C)C. The van der Waals surface area contributed by atoms with Gasteiger partial charge in [-0.1, -0.05) is 39.8 Å². The van der Waals surface area contributed by atoms with Gasteiger partial charge >= 0.3 is 0 Å². The number of piperidine rings is 1. The summed E-state index contributed by atoms with van der Waals surface area (Å²) in [7, 11) is -3.68. The number of nitrogens with one attached hydrogen (secondary N) is 3. The van der Waals surface area contributed by atoms with Crippen LogP contribution in [-0.4, -0.2) is 78.8 Å². The van der Waals surface area contributed by atoms with Gasteiger partial charge in [-0.25, -0.2) is 18.1 Å². The molecular weight excluding hydrogens is 578 g/mol. The minimum absolute atomic E-state index is 0.0758. The zero-order valence-electron chi connectivity index (χ0n) is 24.5. The van der Waals surface area contributed by atoms with Crippen molar-refractivity contribution < 1.29 is 27.6 Å². The van der Waals surface area contributed by atoms with Gasteiger partial charge in [0.15, 0.2) is 5.01 Å². The fourth-order valence-corrected chi connectivity index (χ4v) is 8.40. The molecule has 13 heteroatoms. The maximum absolute atomic E-state index is 14.1. The summed E-state index contributed by atoms with van der Waals surface area (Å²) in [6.45, 7) is 9.96. The zero-order valence-corrected chi connectivity index (χ0v) is 26.2. The molecule has 3 amide bonds. The summed E-state index contributed by atoms with van der Waals surface area (Å²) in [4.78, 5) is 60.2. The van der Waals surface area contributed by atoms with E-state index in [1.807, 2.05) is 24.3 Å². The van der Waals surface area contributed by atoms with Crippen LogP contribution in [0, 0.1) is 29.1 Å². The minimum Gasteiger partial charge on any atom is -0.356 e. The van der Waals surface area contributed by atoms with Crippen LogP contribution in [0.4, 0.5) is 0 Å². The number of hydrogen-bond donors (Lipinski definition) is 3. The quantitative estimate of drug-likeness (QED) is 0.326. The average Bonchev–Trinajstić information content (AvgIpc) is 3.46. The van der Waals surface area contributed by atoms with Gasteiger partial charge in [0.1, 0.15) is 12.1 Å². The number of rotatable bonds is 11. The third-order valence-electron chi connectivity index (χ3n) is 9.20. The van der Waals surface area contributed by atoms with Crippen LogP contribution in [0.5, 0.6) is 0 Å².